The zero-order valence-corrected chi connectivity index (χ0v) is 12.7. The quantitative estimate of drug-likeness (QED) is 0.785. The fourth-order valence-corrected chi connectivity index (χ4v) is 3.56. The van der Waals surface area contributed by atoms with Crippen LogP contribution in [0.5, 0.6) is 0 Å². The lowest BCUT2D eigenvalue weighted by atomic mass is 10.2. The maximum absolute atomic E-state index is 5.65. The Hall–Kier alpha value is -1.13. The fraction of sp³-hybridized carbons (Fsp3) is 0.500. The van der Waals surface area contributed by atoms with Gasteiger partial charge in [0.05, 0.1) is 28.5 Å². The second-order valence-corrected chi connectivity index (χ2v) is 6.33. The van der Waals surface area contributed by atoms with Crippen molar-refractivity contribution in [1.82, 2.24) is 9.97 Å². The number of para-hydroxylation sites is 2. The van der Waals surface area contributed by atoms with Crippen molar-refractivity contribution in [3.8, 4) is 0 Å². The van der Waals surface area contributed by atoms with Crippen LogP contribution in [0.2, 0.25) is 0 Å². The third-order valence-corrected chi connectivity index (χ3v) is 4.69. The van der Waals surface area contributed by atoms with E-state index in [-0.39, 0.29) is 0 Å². The van der Waals surface area contributed by atoms with Crippen LogP contribution in [0.3, 0.4) is 0 Å². The first-order valence-corrected chi connectivity index (χ1v) is 8.40. The molecule has 3 rings (SSSR count). The SMILES string of the molecule is Cc1nc2ccccc2nc1CSCCC1CCCO1. The van der Waals surface area contributed by atoms with E-state index < -0.39 is 0 Å². The monoisotopic (exact) mass is 288 g/mol. The molecular formula is C16H20N2OS. The van der Waals surface area contributed by atoms with Gasteiger partial charge in [-0.15, -0.1) is 0 Å². The van der Waals surface area contributed by atoms with Crippen molar-refractivity contribution in [2.75, 3.05) is 12.4 Å². The van der Waals surface area contributed by atoms with E-state index in [9.17, 15) is 0 Å². The van der Waals surface area contributed by atoms with Gasteiger partial charge in [0, 0.05) is 12.4 Å². The van der Waals surface area contributed by atoms with Crippen LogP contribution in [-0.2, 0) is 10.5 Å². The number of rotatable bonds is 5. The lowest BCUT2D eigenvalue weighted by Crippen LogP contribution is -2.06. The molecule has 0 spiro atoms. The molecule has 0 saturated carbocycles. The van der Waals surface area contributed by atoms with Crippen LogP contribution in [0.25, 0.3) is 11.0 Å². The highest BCUT2D eigenvalue weighted by Gasteiger charge is 2.14. The Kier molecular flexibility index (Phi) is 4.53. The van der Waals surface area contributed by atoms with E-state index in [1.54, 1.807) is 0 Å². The van der Waals surface area contributed by atoms with Crippen LogP contribution in [0.1, 0.15) is 30.7 Å². The number of fused-ring (bicyclic) bond motifs is 1. The minimum Gasteiger partial charge on any atom is -0.378 e. The minimum absolute atomic E-state index is 0.492. The molecule has 2 heterocycles. The summed E-state index contributed by atoms with van der Waals surface area (Å²) in [5.41, 5.74) is 4.14. The third-order valence-electron chi connectivity index (χ3n) is 3.69. The molecule has 1 aromatic carbocycles. The summed E-state index contributed by atoms with van der Waals surface area (Å²) < 4.78 is 5.65. The Morgan fingerprint density at radius 3 is 2.80 bits per heavy atom. The van der Waals surface area contributed by atoms with Crippen molar-refractivity contribution in [3.05, 3.63) is 35.7 Å². The van der Waals surface area contributed by atoms with Crippen molar-refractivity contribution in [2.24, 2.45) is 0 Å². The minimum atomic E-state index is 0.492. The van der Waals surface area contributed by atoms with Crippen LogP contribution >= 0.6 is 11.8 Å². The number of benzene rings is 1. The lowest BCUT2D eigenvalue weighted by Gasteiger charge is -2.09. The number of aromatic nitrogens is 2. The van der Waals surface area contributed by atoms with E-state index in [1.165, 1.54) is 12.8 Å². The van der Waals surface area contributed by atoms with Gasteiger partial charge in [-0.25, -0.2) is 9.97 Å². The van der Waals surface area contributed by atoms with Crippen molar-refractivity contribution >= 4 is 22.8 Å². The van der Waals surface area contributed by atoms with Gasteiger partial charge in [0.1, 0.15) is 0 Å². The average molecular weight is 288 g/mol. The molecule has 4 heteroatoms. The van der Waals surface area contributed by atoms with Crippen LogP contribution in [-0.4, -0.2) is 28.4 Å². The van der Waals surface area contributed by atoms with Crippen LogP contribution in [0, 0.1) is 6.92 Å². The van der Waals surface area contributed by atoms with Crippen molar-refractivity contribution in [2.45, 2.75) is 38.0 Å². The van der Waals surface area contributed by atoms with Gasteiger partial charge in [-0.05, 0) is 44.1 Å². The molecule has 106 valence electrons. The maximum Gasteiger partial charge on any atom is 0.0890 e. The van der Waals surface area contributed by atoms with E-state index in [2.05, 4.69) is 11.9 Å². The van der Waals surface area contributed by atoms with Crippen molar-refractivity contribution in [3.63, 3.8) is 0 Å². The molecule has 3 nitrogen and oxygen atoms in total. The van der Waals surface area contributed by atoms with Gasteiger partial charge in [0.25, 0.3) is 0 Å². The highest BCUT2D eigenvalue weighted by Crippen LogP contribution is 2.21. The zero-order chi connectivity index (χ0) is 13.8. The summed E-state index contributed by atoms with van der Waals surface area (Å²) >= 11 is 1.93. The van der Waals surface area contributed by atoms with Gasteiger partial charge in [0.15, 0.2) is 0 Å². The normalized spacial score (nSPS) is 18.8. The Balaban J connectivity index is 1.57. The summed E-state index contributed by atoms with van der Waals surface area (Å²) in [5.74, 6) is 2.08. The molecule has 1 aromatic heterocycles. The number of thioether (sulfide) groups is 1. The largest absolute Gasteiger partial charge is 0.378 e. The molecule has 1 unspecified atom stereocenters. The van der Waals surface area contributed by atoms with Crippen LogP contribution in [0.15, 0.2) is 24.3 Å². The number of aryl methyl sites for hydroxylation is 1. The molecule has 20 heavy (non-hydrogen) atoms. The Labute approximate surface area is 124 Å². The summed E-state index contributed by atoms with van der Waals surface area (Å²) in [4.78, 5) is 9.36. The highest BCUT2D eigenvalue weighted by atomic mass is 32.2. The molecule has 0 radical (unpaired) electrons. The summed E-state index contributed by atoms with van der Waals surface area (Å²) in [7, 11) is 0. The van der Waals surface area contributed by atoms with E-state index in [1.807, 2.05) is 36.0 Å². The molecule has 1 fully saturated rings. The van der Waals surface area contributed by atoms with Crippen LogP contribution in [0.4, 0.5) is 0 Å². The summed E-state index contributed by atoms with van der Waals surface area (Å²) in [6, 6.07) is 8.07. The molecular weight excluding hydrogens is 268 g/mol. The van der Waals surface area contributed by atoms with Crippen LogP contribution < -0.4 is 0 Å². The average Bonchev–Trinajstić information content (AvgIpc) is 2.97. The van der Waals surface area contributed by atoms with E-state index in [4.69, 9.17) is 9.72 Å². The van der Waals surface area contributed by atoms with Gasteiger partial charge in [0.2, 0.25) is 0 Å². The Bertz CT molecular complexity index is 582. The number of hydrogen-bond acceptors (Lipinski definition) is 4. The van der Waals surface area contributed by atoms with Gasteiger partial charge in [-0.1, -0.05) is 12.1 Å². The Morgan fingerprint density at radius 2 is 2.05 bits per heavy atom. The molecule has 0 amide bonds. The number of hydrogen-bond donors (Lipinski definition) is 0. The molecule has 1 saturated heterocycles. The van der Waals surface area contributed by atoms with Crippen molar-refractivity contribution < 1.29 is 4.74 Å². The fourth-order valence-electron chi connectivity index (χ4n) is 2.52. The van der Waals surface area contributed by atoms with E-state index in [0.29, 0.717) is 6.10 Å². The molecule has 0 bridgehead atoms. The van der Waals surface area contributed by atoms with Gasteiger partial charge in [-0.2, -0.15) is 11.8 Å². The predicted molar refractivity (Wildman–Crippen MR) is 84.0 cm³/mol. The smallest absolute Gasteiger partial charge is 0.0890 e. The molecule has 1 aliphatic rings. The number of ether oxygens (including phenoxy) is 1. The maximum atomic E-state index is 5.65. The lowest BCUT2D eigenvalue weighted by molar-refractivity contribution is 0.109. The van der Waals surface area contributed by atoms with E-state index >= 15 is 0 Å². The van der Waals surface area contributed by atoms with Gasteiger partial charge >= 0.3 is 0 Å². The van der Waals surface area contributed by atoms with Gasteiger partial charge < -0.3 is 4.74 Å². The second-order valence-electron chi connectivity index (χ2n) is 5.22. The third kappa shape index (κ3) is 3.30. The summed E-state index contributed by atoms with van der Waals surface area (Å²) in [5, 5.41) is 0. The van der Waals surface area contributed by atoms with Gasteiger partial charge in [-0.3, -0.25) is 0 Å². The zero-order valence-electron chi connectivity index (χ0n) is 11.8. The standard InChI is InChI=1S/C16H20N2OS/c1-12-16(11-20-10-8-13-5-4-9-19-13)18-15-7-3-2-6-14(15)17-12/h2-3,6-7,13H,4-5,8-11H2,1H3. The molecule has 1 atom stereocenters. The Morgan fingerprint density at radius 1 is 1.25 bits per heavy atom. The first-order valence-electron chi connectivity index (χ1n) is 7.24. The second kappa shape index (κ2) is 6.55. The molecule has 2 aromatic rings. The first-order chi connectivity index (χ1) is 9.83. The highest BCUT2D eigenvalue weighted by molar-refractivity contribution is 7.98. The summed E-state index contributed by atoms with van der Waals surface area (Å²) in [6.45, 7) is 3.00. The predicted octanol–water partition coefficient (Wildman–Crippen LogP) is 3.74. The topological polar surface area (TPSA) is 35.0 Å². The van der Waals surface area contributed by atoms with Crippen molar-refractivity contribution in [1.29, 1.82) is 0 Å². The number of nitrogens with zero attached hydrogens (tertiary/aromatic N) is 2. The molecule has 1 aliphatic heterocycles. The molecule has 0 aliphatic carbocycles. The van der Waals surface area contributed by atoms with E-state index in [0.717, 1.165) is 47.0 Å². The molecule has 0 N–H and O–H groups in total. The first kappa shape index (κ1) is 13.8. The summed E-state index contributed by atoms with van der Waals surface area (Å²) in [6.07, 6.45) is 4.11.